The Hall–Kier alpha value is -0.480. The Morgan fingerprint density at radius 2 is 1.92 bits per heavy atom. The van der Waals surface area contributed by atoms with Crippen molar-refractivity contribution in [3.63, 3.8) is 0 Å². The molecule has 0 amide bonds. The van der Waals surface area contributed by atoms with Crippen LogP contribution < -0.4 is 10.6 Å². The second-order valence-corrected chi connectivity index (χ2v) is 10.5. The van der Waals surface area contributed by atoms with Gasteiger partial charge in [-0.1, -0.05) is 25.1 Å². The van der Waals surface area contributed by atoms with Crippen LogP contribution in [0.4, 0.5) is 0 Å². The average molecular weight is 511 g/mol. The van der Waals surface area contributed by atoms with Gasteiger partial charge in [-0.05, 0) is 31.9 Å². The summed E-state index contributed by atoms with van der Waals surface area (Å²) in [4.78, 5) is 5.89. The van der Waals surface area contributed by atoms with Gasteiger partial charge in [0.25, 0.3) is 0 Å². The summed E-state index contributed by atoms with van der Waals surface area (Å²) < 4.78 is 23.1. The average Bonchev–Trinajstić information content (AvgIpc) is 3.29. The van der Waals surface area contributed by atoms with Crippen LogP contribution >= 0.6 is 35.7 Å². The van der Waals surface area contributed by atoms with E-state index in [1.54, 1.807) is 0 Å². The van der Waals surface area contributed by atoms with Gasteiger partial charge in [-0.2, -0.15) is 0 Å². The third-order valence-corrected chi connectivity index (χ3v) is 6.33. The van der Waals surface area contributed by atoms with Crippen LogP contribution in [0, 0.1) is 5.41 Å². The molecule has 0 radical (unpaired) electrons. The molecule has 0 spiro atoms. The molecule has 26 heavy (non-hydrogen) atoms. The van der Waals surface area contributed by atoms with Crippen LogP contribution in [0.25, 0.3) is 0 Å². The molecule has 5 nitrogen and oxygen atoms in total. The Morgan fingerprint density at radius 3 is 2.46 bits per heavy atom. The minimum Gasteiger partial charge on any atom is -0.357 e. The first-order valence-electron chi connectivity index (χ1n) is 8.73. The first-order chi connectivity index (χ1) is 11.8. The number of sulfone groups is 1. The normalized spacial score (nSPS) is 17.1. The molecule has 0 aromatic heterocycles. The van der Waals surface area contributed by atoms with Gasteiger partial charge in [-0.15, -0.1) is 35.7 Å². The lowest BCUT2D eigenvalue weighted by Crippen LogP contribution is -2.40. The lowest BCUT2D eigenvalue weighted by atomic mass is 10.1. The van der Waals surface area contributed by atoms with Crippen LogP contribution in [0.5, 0.6) is 0 Å². The molecule has 2 rings (SSSR count). The molecule has 1 unspecified atom stereocenters. The highest BCUT2D eigenvalue weighted by atomic mass is 127. The fourth-order valence-electron chi connectivity index (χ4n) is 2.68. The summed E-state index contributed by atoms with van der Waals surface area (Å²) in [6, 6.07) is 10.3. The highest BCUT2D eigenvalue weighted by Gasteiger charge is 2.45. The van der Waals surface area contributed by atoms with Crippen LogP contribution in [0.3, 0.4) is 0 Å². The first-order valence-corrected chi connectivity index (χ1v) is 11.7. The van der Waals surface area contributed by atoms with Gasteiger partial charge in [0.1, 0.15) is 9.84 Å². The van der Waals surface area contributed by atoms with Gasteiger partial charge < -0.3 is 10.6 Å². The monoisotopic (exact) mass is 511 g/mol. The van der Waals surface area contributed by atoms with Crippen LogP contribution in [-0.4, -0.2) is 51.3 Å². The molecule has 1 saturated carbocycles. The molecule has 8 heteroatoms. The molecule has 0 saturated heterocycles. The molecule has 1 aromatic carbocycles. The molecular weight excluding hydrogens is 481 g/mol. The lowest BCUT2D eigenvalue weighted by Gasteiger charge is -2.17. The molecule has 1 atom stereocenters. The van der Waals surface area contributed by atoms with E-state index in [9.17, 15) is 8.42 Å². The van der Waals surface area contributed by atoms with Gasteiger partial charge in [0.05, 0.1) is 5.75 Å². The van der Waals surface area contributed by atoms with Crippen molar-refractivity contribution < 1.29 is 8.42 Å². The van der Waals surface area contributed by atoms with Crippen LogP contribution in [0.2, 0.25) is 0 Å². The molecule has 2 N–H and O–H groups in total. The quantitative estimate of drug-likeness (QED) is 0.231. The van der Waals surface area contributed by atoms with E-state index in [0.29, 0.717) is 11.8 Å². The summed E-state index contributed by atoms with van der Waals surface area (Å²) in [6.07, 6.45) is 3.20. The van der Waals surface area contributed by atoms with Crippen molar-refractivity contribution in [3.8, 4) is 0 Å². The van der Waals surface area contributed by atoms with E-state index < -0.39 is 9.84 Å². The van der Waals surface area contributed by atoms with Gasteiger partial charge in [0, 0.05) is 41.5 Å². The van der Waals surface area contributed by atoms with Crippen molar-refractivity contribution in [2.45, 2.75) is 36.8 Å². The van der Waals surface area contributed by atoms with Crippen molar-refractivity contribution in [1.82, 2.24) is 10.6 Å². The summed E-state index contributed by atoms with van der Waals surface area (Å²) in [7, 11) is -2.95. The van der Waals surface area contributed by atoms with Crippen molar-refractivity contribution in [2.24, 2.45) is 10.4 Å². The van der Waals surface area contributed by atoms with Gasteiger partial charge in [0.2, 0.25) is 0 Å². The van der Waals surface area contributed by atoms with E-state index in [4.69, 9.17) is 0 Å². The number of hydrogen-bond acceptors (Lipinski definition) is 4. The van der Waals surface area contributed by atoms with Crippen LogP contribution in [-0.2, 0) is 9.84 Å². The predicted octanol–water partition coefficient (Wildman–Crippen LogP) is 3.17. The third kappa shape index (κ3) is 8.94. The highest BCUT2D eigenvalue weighted by Crippen LogP contribution is 2.46. The van der Waals surface area contributed by atoms with E-state index in [0.717, 1.165) is 31.9 Å². The predicted molar refractivity (Wildman–Crippen MR) is 123 cm³/mol. The van der Waals surface area contributed by atoms with Gasteiger partial charge in [0.15, 0.2) is 5.96 Å². The van der Waals surface area contributed by atoms with E-state index >= 15 is 0 Å². The van der Waals surface area contributed by atoms with E-state index in [2.05, 4.69) is 34.7 Å². The highest BCUT2D eigenvalue weighted by molar-refractivity contribution is 14.0. The second-order valence-electron chi connectivity index (χ2n) is 6.89. The number of nitrogens with one attached hydrogen (secondary N) is 2. The van der Waals surface area contributed by atoms with Gasteiger partial charge in [-0.3, -0.25) is 4.99 Å². The number of guanidine groups is 1. The fourth-order valence-corrected chi connectivity index (χ4v) is 5.12. The maximum absolute atomic E-state index is 11.6. The number of benzene rings is 1. The van der Waals surface area contributed by atoms with Gasteiger partial charge in [-0.25, -0.2) is 8.42 Å². The van der Waals surface area contributed by atoms with Crippen molar-refractivity contribution in [2.75, 3.05) is 31.6 Å². The molecule has 0 aliphatic heterocycles. The molecule has 148 valence electrons. The topological polar surface area (TPSA) is 70.6 Å². The number of aliphatic imine (C=N–C) groups is 1. The standard InChI is InChI=1S/C18H29N3O2S2.HI/c1-4-19-17(21-13-18(10-11-18)14-25(3,22)23)20-12-15(2)24-16-8-6-5-7-9-16;/h5-9,15H,4,10-14H2,1-3H3,(H2,19,20,21);1H. The molecule has 1 fully saturated rings. The summed E-state index contributed by atoms with van der Waals surface area (Å²) in [5.41, 5.74) is -0.139. The summed E-state index contributed by atoms with van der Waals surface area (Å²) in [5, 5.41) is 7.02. The second kappa shape index (κ2) is 10.8. The zero-order chi connectivity index (χ0) is 18.3. The van der Waals surface area contributed by atoms with Crippen molar-refractivity contribution >= 4 is 51.5 Å². The Bertz CT molecular complexity index is 677. The number of rotatable bonds is 9. The van der Waals surface area contributed by atoms with E-state index in [1.165, 1.54) is 11.2 Å². The molecule has 1 aliphatic rings. The minimum absolute atomic E-state index is 0. The molecule has 0 heterocycles. The first kappa shape index (κ1) is 23.6. The molecule has 1 aromatic rings. The zero-order valence-corrected chi connectivity index (χ0v) is 19.7. The Balaban J connectivity index is 0.00000338. The van der Waals surface area contributed by atoms with E-state index in [-0.39, 0.29) is 35.1 Å². The van der Waals surface area contributed by atoms with Crippen LogP contribution in [0.15, 0.2) is 40.2 Å². The van der Waals surface area contributed by atoms with E-state index in [1.807, 2.05) is 36.9 Å². The maximum Gasteiger partial charge on any atom is 0.191 e. The fraction of sp³-hybridized carbons (Fsp3) is 0.611. The molecule has 0 bridgehead atoms. The summed E-state index contributed by atoms with van der Waals surface area (Å²) >= 11 is 1.82. The maximum atomic E-state index is 11.6. The smallest absolute Gasteiger partial charge is 0.191 e. The van der Waals surface area contributed by atoms with Gasteiger partial charge >= 0.3 is 0 Å². The summed E-state index contributed by atoms with van der Waals surface area (Å²) in [6.45, 7) is 6.36. The number of thioether (sulfide) groups is 1. The molecule has 1 aliphatic carbocycles. The number of hydrogen-bond donors (Lipinski definition) is 2. The molecular formula is C18H30IN3O2S2. The van der Waals surface area contributed by atoms with Crippen LogP contribution in [0.1, 0.15) is 26.7 Å². The third-order valence-electron chi connectivity index (χ3n) is 4.08. The number of nitrogens with zero attached hydrogens (tertiary/aromatic N) is 1. The largest absolute Gasteiger partial charge is 0.357 e. The number of halogens is 1. The zero-order valence-electron chi connectivity index (χ0n) is 15.7. The lowest BCUT2D eigenvalue weighted by molar-refractivity contribution is 0.550. The van der Waals surface area contributed by atoms with Crippen molar-refractivity contribution in [1.29, 1.82) is 0 Å². The minimum atomic E-state index is -2.95. The SMILES string of the molecule is CCNC(=NCC1(CS(C)(=O)=O)CC1)NCC(C)Sc1ccccc1.I. The Labute approximate surface area is 179 Å². The Morgan fingerprint density at radius 1 is 1.27 bits per heavy atom. The summed E-state index contributed by atoms with van der Waals surface area (Å²) in [5.74, 6) is 1.01. The van der Waals surface area contributed by atoms with Crippen molar-refractivity contribution in [3.05, 3.63) is 30.3 Å². The Kier molecular flexibility index (Phi) is 9.74.